The van der Waals surface area contributed by atoms with E-state index in [1.807, 2.05) is 24.4 Å². The first-order valence-corrected chi connectivity index (χ1v) is 12.2. The summed E-state index contributed by atoms with van der Waals surface area (Å²) in [4.78, 5) is 27.5. The van der Waals surface area contributed by atoms with Crippen LogP contribution >= 0.6 is 0 Å². The lowest BCUT2D eigenvalue weighted by molar-refractivity contribution is 0.151. The highest BCUT2D eigenvalue weighted by molar-refractivity contribution is 5.99. The van der Waals surface area contributed by atoms with Gasteiger partial charge in [-0.2, -0.15) is 5.10 Å². The third-order valence-corrected chi connectivity index (χ3v) is 6.19. The molecule has 0 bridgehead atoms. The van der Waals surface area contributed by atoms with Crippen molar-refractivity contribution in [1.82, 2.24) is 24.6 Å². The zero-order chi connectivity index (χ0) is 26.8. The van der Waals surface area contributed by atoms with Gasteiger partial charge in [0.2, 0.25) is 0 Å². The molecule has 10 nitrogen and oxygen atoms in total. The van der Waals surface area contributed by atoms with Gasteiger partial charge in [0.25, 0.3) is 6.43 Å². The summed E-state index contributed by atoms with van der Waals surface area (Å²) in [6.45, 7) is 2.03. The number of anilines is 3. The number of urea groups is 1. The van der Waals surface area contributed by atoms with E-state index >= 15 is 0 Å². The highest BCUT2D eigenvalue weighted by atomic mass is 19.3. The Morgan fingerprint density at radius 1 is 0.949 bits per heavy atom. The zero-order valence-electron chi connectivity index (χ0n) is 20.5. The van der Waals surface area contributed by atoms with Gasteiger partial charge in [-0.25, -0.2) is 33.0 Å². The number of ether oxygens (including phenoxy) is 1. The zero-order valence-corrected chi connectivity index (χ0v) is 20.5. The molecule has 6 rings (SSSR count). The van der Waals surface area contributed by atoms with Crippen LogP contribution in [-0.2, 0) is 0 Å². The Kier molecular flexibility index (Phi) is 6.41. The molecule has 1 fully saturated rings. The summed E-state index contributed by atoms with van der Waals surface area (Å²) >= 11 is 0. The van der Waals surface area contributed by atoms with Crippen LogP contribution in [0, 0.1) is 0 Å². The molecule has 1 aliphatic rings. The molecule has 2 amide bonds. The first-order valence-electron chi connectivity index (χ1n) is 12.2. The third kappa shape index (κ3) is 5.30. The summed E-state index contributed by atoms with van der Waals surface area (Å²) in [5, 5.41) is 9.46. The number of benzene rings is 2. The van der Waals surface area contributed by atoms with Crippen molar-refractivity contribution in [3.05, 3.63) is 84.9 Å². The van der Waals surface area contributed by atoms with Gasteiger partial charge >= 0.3 is 12.0 Å². The van der Waals surface area contributed by atoms with E-state index in [0.717, 1.165) is 35.7 Å². The Bertz CT molecular complexity index is 1620. The minimum absolute atomic E-state index is 0.0928. The molecule has 1 aliphatic heterocycles. The first kappa shape index (κ1) is 24.2. The summed E-state index contributed by atoms with van der Waals surface area (Å²) < 4.78 is 33.2. The van der Waals surface area contributed by atoms with Crippen LogP contribution < -0.4 is 20.3 Å². The second-order valence-electron chi connectivity index (χ2n) is 8.84. The average Bonchev–Trinajstić information content (AvgIpc) is 3.33. The largest absolute Gasteiger partial charge is 0.424 e. The Morgan fingerprint density at radius 3 is 2.44 bits per heavy atom. The molecular formula is C27H22F2N8O2. The Morgan fingerprint density at radius 2 is 1.72 bits per heavy atom. The van der Waals surface area contributed by atoms with Crippen LogP contribution in [0.1, 0.15) is 18.4 Å². The SMILES string of the molecule is O=C(Nc1cnc(Oc2ccc(-c3cnn4ccc(N5CCC5)nc34)cc2)nc1)Nc1cccc(C(F)F)c1. The lowest BCUT2D eigenvalue weighted by atomic mass is 10.1. The molecule has 0 spiro atoms. The van der Waals surface area contributed by atoms with Crippen molar-refractivity contribution in [1.29, 1.82) is 0 Å². The number of rotatable bonds is 7. The second-order valence-corrected chi connectivity index (χ2v) is 8.84. The number of carbonyl (C=O) groups excluding carboxylic acids is 1. The first-order chi connectivity index (χ1) is 19.0. The van der Waals surface area contributed by atoms with Gasteiger partial charge in [0.15, 0.2) is 5.65 Å². The number of halogens is 2. The number of amides is 2. The highest BCUT2D eigenvalue weighted by Crippen LogP contribution is 2.29. The Balaban J connectivity index is 1.08. The third-order valence-electron chi connectivity index (χ3n) is 6.19. The molecule has 12 heteroatoms. The fourth-order valence-corrected chi connectivity index (χ4v) is 4.07. The van der Waals surface area contributed by atoms with Crippen molar-refractivity contribution in [2.24, 2.45) is 0 Å². The van der Waals surface area contributed by atoms with E-state index in [9.17, 15) is 13.6 Å². The molecule has 0 saturated carbocycles. The number of fused-ring (bicyclic) bond motifs is 1. The number of nitrogens with one attached hydrogen (secondary N) is 2. The predicted octanol–water partition coefficient (Wildman–Crippen LogP) is 5.77. The van der Waals surface area contributed by atoms with Crippen molar-refractivity contribution >= 4 is 28.9 Å². The van der Waals surface area contributed by atoms with Crippen LogP contribution in [0.25, 0.3) is 16.8 Å². The van der Waals surface area contributed by atoms with E-state index in [1.54, 1.807) is 22.8 Å². The quantitative estimate of drug-likeness (QED) is 0.276. The maximum Gasteiger partial charge on any atom is 0.323 e. The molecule has 0 aliphatic carbocycles. The van der Waals surface area contributed by atoms with Crippen LogP contribution in [0.15, 0.2) is 79.4 Å². The van der Waals surface area contributed by atoms with Gasteiger partial charge in [-0.15, -0.1) is 0 Å². The van der Waals surface area contributed by atoms with Gasteiger partial charge in [0.1, 0.15) is 11.6 Å². The number of nitrogens with zero attached hydrogens (tertiary/aromatic N) is 6. The highest BCUT2D eigenvalue weighted by Gasteiger charge is 2.17. The molecule has 0 radical (unpaired) electrons. The number of alkyl halides is 2. The van der Waals surface area contributed by atoms with Crippen LogP contribution in [0.5, 0.6) is 11.8 Å². The van der Waals surface area contributed by atoms with Gasteiger partial charge < -0.3 is 20.3 Å². The molecule has 0 atom stereocenters. The van der Waals surface area contributed by atoms with Crippen molar-refractivity contribution in [3.8, 4) is 22.9 Å². The van der Waals surface area contributed by atoms with E-state index in [-0.39, 0.29) is 17.3 Å². The number of hydrogen-bond acceptors (Lipinski definition) is 7. The summed E-state index contributed by atoms with van der Waals surface area (Å²) in [6, 6.07) is 14.3. The molecule has 3 aromatic heterocycles. The minimum atomic E-state index is -2.63. The van der Waals surface area contributed by atoms with Gasteiger partial charge in [-0.1, -0.05) is 24.3 Å². The predicted molar refractivity (Wildman–Crippen MR) is 141 cm³/mol. The second kappa shape index (κ2) is 10.3. The minimum Gasteiger partial charge on any atom is -0.424 e. The van der Waals surface area contributed by atoms with E-state index < -0.39 is 12.5 Å². The molecule has 196 valence electrons. The molecule has 4 heterocycles. The smallest absolute Gasteiger partial charge is 0.323 e. The van der Waals surface area contributed by atoms with E-state index in [1.165, 1.54) is 43.1 Å². The van der Waals surface area contributed by atoms with Crippen molar-refractivity contribution in [2.45, 2.75) is 12.8 Å². The maximum absolute atomic E-state index is 12.9. The van der Waals surface area contributed by atoms with Gasteiger partial charge in [-0.3, -0.25) is 0 Å². The van der Waals surface area contributed by atoms with E-state index in [4.69, 9.17) is 9.72 Å². The molecule has 39 heavy (non-hydrogen) atoms. The normalized spacial score (nSPS) is 12.8. The molecule has 1 saturated heterocycles. The summed E-state index contributed by atoms with van der Waals surface area (Å²) in [7, 11) is 0. The topological polar surface area (TPSA) is 110 Å². The number of carbonyl (C=O) groups is 1. The van der Waals surface area contributed by atoms with E-state index in [0.29, 0.717) is 11.4 Å². The number of hydrogen-bond donors (Lipinski definition) is 2. The van der Waals surface area contributed by atoms with Crippen LogP contribution in [0.4, 0.5) is 30.8 Å². The summed E-state index contributed by atoms with van der Waals surface area (Å²) in [5.41, 5.74) is 3.00. The standard InChI is InChI=1S/C27H22F2N8O2/c28-24(29)18-3-1-4-19(13-18)33-26(38)34-20-14-30-27(31-15-20)39-21-7-5-17(6-8-21)22-16-32-37-12-9-23(35-25(22)37)36-10-2-11-36/h1,3-9,12-16,24H,2,10-11H2,(H2,33,34,38). The Labute approximate surface area is 221 Å². The van der Waals surface area contributed by atoms with Gasteiger partial charge in [0, 0.05) is 36.1 Å². The fourth-order valence-electron chi connectivity index (χ4n) is 4.07. The van der Waals surface area contributed by atoms with Crippen molar-refractivity contribution in [2.75, 3.05) is 28.6 Å². The van der Waals surface area contributed by atoms with Gasteiger partial charge in [0.05, 0.1) is 24.3 Å². The molecule has 0 unspecified atom stereocenters. The molecule has 2 N–H and O–H groups in total. The average molecular weight is 529 g/mol. The van der Waals surface area contributed by atoms with Crippen LogP contribution in [0.3, 0.4) is 0 Å². The fraction of sp³-hybridized carbons (Fsp3) is 0.148. The van der Waals surface area contributed by atoms with Gasteiger partial charge in [-0.05, 0) is 42.3 Å². The lowest BCUT2D eigenvalue weighted by Gasteiger charge is -2.31. The summed E-state index contributed by atoms with van der Waals surface area (Å²) in [6.07, 6.45) is 5.02. The maximum atomic E-state index is 12.9. The summed E-state index contributed by atoms with van der Waals surface area (Å²) in [5.74, 6) is 1.48. The lowest BCUT2D eigenvalue weighted by Crippen LogP contribution is -2.37. The molecule has 2 aromatic carbocycles. The van der Waals surface area contributed by atoms with Crippen molar-refractivity contribution < 1.29 is 18.3 Å². The van der Waals surface area contributed by atoms with Crippen LogP contribution in [0.2, 0.25) is 0 Å². The monoisotopic (exact) mass is 528 g/mol. The van der Waals surface area contributed by atoms with Crippen molar-refractivity contribution in [3.63, 3.8) is 0 Å². The van der Waals surface area contributed by atoms with E-state index in [2.05, 4.69) is 30.6 Å². The molecule has 5 aromatic rings. The molecular weight excluding hydrogens is 506 g/mol. The number of aromatic nitrogens is 5. The Hall–Kier alpha value is -5.13. The van der Waals surface area contributed by atoms with Crippen LogP contribution in [-0.4, -0.2) is 43.7 Å².